The molecule has 2 aromatic rings. The number of hydrogen-bond donors (Lipinski definition) is 1. The third-order valence-corrected chi connectivity index (χ3v) is 3.23. The smallest absolute Gasteiger partial charge is 0.147 e. The van der Waals surface area contributed by atoms with Crippen molar-refractivity contribution in [3.05, 3.63) is 51.1 Å². The normalized spacial score (nSPS) is 10.3. The first-order chi connectivity index (χ1) is 7.18. The van der Waals surface area contributed by atoms with Crippen molar-refractivity contribution in [3.8, 4) is 16.9 Å². The van der Waals surface area contributed by atoms with Crippen LogP contribution in [0.25, 0.3) is 11.1 Å². The predicted octanol–water partition coefficient (Wildman–Crippen LogP) is 4.32. The molecular formula is C12H8ClIO. The minimum Gasteiger partial charge on any atom is -0.505 e. The van der Waals surface area contributed by atoms with E-state index in [0.717, 1.165) is 14.7 Å². The average molecular weight is 331 g/mol. The molecule has 0 fully saturated rings. The van der Waals surface area contributed by atoms with Gasteiger partial charge in [-0.05, 0) is 45.9 Å². The maximum atomic E-state index is 9.54. The molecule has 1 nitrogen and oxygen atoms in total. The van der Waals surface area contributed by atoms with Gasteiger partial charge in [-0.1, -0.05) is 41.9 Å². The van der Waals surface area contributed by atoms with Gasteiger partial charge in [-0.3, -0.25) is 0 Å². The van der Waals surface area contributed by atoms with Gasteiger partial charge in [0.1, 0.15) is 5.75 Å². The molecule has 15 heavy (non-hydrogen) atoms. The predicted molar refractivity (Wildman–Crippen MR) is 71.3 cm³/mol. The van der Waals surface area contributed by atoms with Gasteiger partial charge in [0.25, 0.3) is 0 Å². The lowest BCUT2D eigenvalue weighted by Crippen LogP contribution is -1.81. The molecule has 0 bridgehead atoms. The van der Waals surface area contributed by atoms with Crippen LogP contribution in [0.1, 0.15) is 0 Å². The Morgan fingerprint density at radius 2 is 1.67 bits per heavy atom. The van der Waals surface area contributed by atoms with Crippen molar-refractivity contribution in [2.75, 3.05) is 0 Å². The molecule has 0 aliphatic rings. The van der Waals surface area contributed by atoms with Gasteiger partial charge in [0, 0.05) is 0 Å². The van der Waals surface area contributed by atoms with Crippen molar-refractivity contribution in [3.63, 3.8) is 0 Å². The first-order valence-corrected chi connectivity index (χ1v) is 5.87. The van der Waals surface area contributed by atoms with Crippen LogP contribution < -0.4 is 0 Å². The van der Waals surface area contributed by atoms with Crippen LogP contribution in [0.4, 0.5) is 0 Å². The Bertz CT molecular complexity index is 459. The lowest BCUT2D eigenvalue weighted by atomic mass is 10.1. The summed E-state index contributed by atoms with van der Waals surface area (Å²) in [5.41, 5.74) is 2.11. The molecule has 2 rings (SSSR count). The van der Waals surface area contributed by atoms with E-state index >= 15 is 0 Å². The van der Waals surface area contributed by atoms with Gasteiger partial charge in [0.2, 0.25) is 0 Å². The van der Waals surface area contributed by atoms with Crippen molar-refractivity contribution in [1.29, 1.82) is 0 Å². The Kier molecular flexibility index (Phi) is 3.17. The van der Waals surface area contributed by atoms with E-state index in [9.17, 15) is 5.11 Å². The molecule has 0 amide bonds. The molecule has 0 heterocycles. The van der Waals surface area contributed by atoms with Crippen LogP contribution in [0.15, 0.2) is 42.5 Å². The van der Waals surface area contributed by atoms with Crippen LogP contribution in [-0.4, -0.2) is 5.11 Å². The second-order valence-corrected chi connectivity index (χ2v) is 4.72. The van der Waals surface area contributed by atoms with E-state index in [2.05, 4.69) is 22.6 Å². The molecule has 0 spiro atoms. The highest BCUT2D eigenvalue weighted by Crippen LogP contribution is 2.33. The van der Waals surface area contributed by atoms with Crippen LogP contribution in [0.2, 0.25) is 5.02 Å². The maximum Gasteiger partial charge on any atom is 0.147 e. The van der Waals surface area contributed by atoms with E-state index in [4.69, 9.17) is 11.6 Å². The average Bonchev–Trinajstić information content (AvgIpc) is 2.26. The molecule has 2 aromatic carbocycles. The number of benzene rings is 2. The van der Waals surface area contributed by atoms with Crippen LogP contribution in [0.3, 0.4) is 0 Å². The summed E-state index contributed by atoms with van der Waals surface area (Å²) in [5.74, 6) is 0.150. The van der Waals surface area contributed by atoms with Gasteiger partial charge >= 0.3 is 0 Å². The highest BCUT2D eigenvalue weighted by molar-refractivity contribution is 14.1. The van der Waals surface area contributed by atoms with E-state index < -0.39 is 0 Å². The summed E-state index contributed by atoms with van der Waals surface area (Å²) in [4.78, 5) is 0. The molecule has 0 aromatic heterocycles. The molecule has 0 atom stereocenters. The fraction of sp³-hybridized carbons (Fsp3) is 0. The molecule has 0 saturated carbocycles. The van der Waals surface area contributed by atoms with Crippen LogP contribution in [-0.2, 0) is 0 Å². The van der Waals surface area contributed by atoms with E-state index in [1.807, 2.05) is 36.4 Å². The molecule has 0 aliphatic carbocycles. The van der Waals surface area contributed by atoms with Gasteiger partial charge in [0.05, 0.1) is 8.59 Å². The SMILES string of the molecule is Oc1c(Cl)cc(-c2ccccc2)cc1I. The van der Waals surface area contributed by atoms with Crippen molar-refractivity contribution in [2.45, 2.75) is 0 Å². The molecular weight excluding hydrogens is 322 g/mol. The maximum absolute atomic E-state index is 9.54. The standard InChI is InChI=1S/C12H8ClIO/c13-10-6-9(7-11(14)12(10)15)8-4-2-1-3-5-8/h1-7,15H. The summed E-state index contributed by atoms with van der Waals surface area (Å²) in [6.07, 6.45) is 0. The Labute approximate surface area is 107 Å². The van der Waals surface area contributed by atoms with Gasteiger partial charge in [-0.15, -0.1) is 0 Å². The molecule has 76 valence electrons. The summed E-state index contributed by atoms with van der Waals surface area (Å²) < 4.78 is 0.763. The van der Waals surface area contributed by atoms with Gasteiger partial charge in [0.15, 0.2) is 0 Å². The Morgan fingerprint density at radius 3 is 2.27 bits per heavy atom. The van der Waals surface area contributed by atoms with Crippen LogP contribution in [0, 0.1) is 3.57 Å². The van der Waals surface area contributed by atoms with Crippen molar-refractivity contribution in [1.82, 2.24) is 0 Å². The number of rotatable bonds is 1. The molecule has 1 N–H and O–H groups in total. The minimum atomic E-state index is 0.150. The fourth-order valence-electron chi connectivity index (χ4n) is 1.36. The topological polar surface area (TPSA) is 20.2 Å². The van der Waals surface area contributed by atoms with Crippen molar-refractivity contribution in [2.24, 2.45) is 0 Å². The lowest BCUT2D eigenvalue weighted by Gasteiger charge is -2.05. The summed E-state index contributed by atoms with van der Waals surface area (Å²) in [7, 11) is 0. The molecule has 0 radical (unpaired) electrons. The number of halogens is 2. The number of hydrogen-bond acceptors (Lipinski definition) is 1. The molecule has 3 heteroatoms. The Hall–Kier alpha value is -0.740. The lowest BCUT2D eigenvalue weighted by molar-refractivity contribution is 0.472. The zero-order valence-electron chi connectivity index (χ0n) is 7.74. The van der Waals surface area contributed by atoms with Gasteiger partial charge in [-0.25, -0.2) is 0 Å². The van der Waals surface area contributed by atoms with Gasteiger partial charge < -0.3 is 5.11 Å². The van der Waals surface area contributed by atoms with E-state index in [1.165, 1.54) is 0 Å². The first-order valence-electron chi connectivity index (χ1n) is 4.42. The van der Waals surface area contributed by atoms with Crippen LogP contribution in [0.5, 0.6) is 5.75 Å². The third-order valence-electron chi connectivity index (χ3n) is 2.12. The largest absolute Gasteiger partial charge is 0.505 e. The van der Waals surface area contributed by atoms with Gasteiger partial charge in [-0.2, -0.15) is 0 Å². The third kappa shape index (κ3) is 2.26. The summed E-state index contributed by atoms with van der Waals surface area (Å²) in [6, 6.07) is 13.6. The van der Waals surface area contributed by atoms with E-state index in [-0.39, 0.29) is 5.75 Å². The quantitative estimate of drug-likeness (QED) is 0.772. The van der Waals surface area contributed by atoms with E-state index in [0.29, 0.717) is 5.02 Å². The molecule has 0 unspecified atom stereocenters. The van der Waals surface area contributed by atoms with Crippen LogP contribution >= 0.6 is 34.2 Å². The number of aromatic hydroxyl groups is 1. The zero-order chi connectivity index (χ0) is 10.8. The monoisotopic (exact) mass is 330 g/mol. The second-order valence-electron chi connectivity index (χ2n) is 3.15. The summed E-state index contributed by atoms with van der Waals surface area (Å²) >= 11 is 7.98. The first kappa shape index (κ1) is 10.8. The Balaban J connectivity index is 2.56. The summed E-state index contributed by atoms with van der Waals surface area (Å²) in [5, 5.41) is 9.93. The van der Waals surface area contributed by atoms with Crippen molar-refractivity contribution < 1.29 is 5.11 Å². The number of phenolic OH excluding ortho intramolecular Hbond substituents is 1. The molecule has 0 saturated heterocycles. The zero-order valence-corrected chi connectivity index (χ0v) is 10.7. The van der Waals surface area contributed by atoms with E-state index in [1.54, 1.807) is 6.07 Å². The molecule has 0 aliphatic heterocycles. The second kappa shape index (κ2) is 4.41. The number of phenols is 1. The Morgan fingerprint density at radius 1 is 1.00 bits per heavy atom. The highest BCUT2D eigenvalue weighted by Gasteiger charge is 2.06. The summed E-state index contributed by atoms with van der Waals surface area (Å²) in [6.45, 7) is 0. The highest BCUT2D eigenvalue weighted by atomic mass is 127. The fourth-order valence-corrected chi connectivity index (χ4v) is 2.37. The van der Waals surface area contributed by atoms with Crippen molar-refractivity contribution >= 4 is 34.2 Å². The minimum absolute atomic E-state index is 0.150.